The summed E-state index contributed by atoms with van der Waals surface area (Å²) in [6.07, 6.45) is -1.89. The minimum absolute atomic E-state index is 0.112. The van der Waals surface area contributed by atoms with Crippen molar-refractivity contribution in [3.05, 3.63) is 59.9 Å². The number of halogens is 2. The van der Waals surface area contributed by atoms with E-state index in [1.54, 1.807) is 19.1 Å². The third-order valence-electron chi connectivity index (χ3n) is 5.43. The van der Waals surface area contributed by atoms with Crippen LogP contribution in [-0.4, -0.2) is 39.3 Å². The lowest BCUT2D eigenvalue weighted by Crippen LogP contribution is -2.63. The predicted molar refractivity (Wildman–Crippen MR) is 108 cm³/mol. The molecule has 32 heavy (non-hydrogen) atoms. The lowest BCUT2D eigenvalue weighted by molar-refractivity contribution is -0.286. The van der Waals surface area contributed by atoms with Crippen molar-refractivity contribution >= 4 is 17.8 Å². The summed E-state index contributed by atoms with van der Waals surface area (Å²) < 4.78 is 35.2. The number of carboxylic acid groups (broad SMARTS) is 1. The molecule has 2 aliphatic rings. The number of aromatic nitrogens is 1. The number of nitrogens with two attached hydrogens (primary N) is 1. The van der Waals surface area contributed by atoms with E-state index in [0.717, 1.165) is 10.5 Å². The number of fused-ring (bicyclic) bond motifs is 1. The van der Waals surface area contributed by atoms with Gasteiger partial charge in [0.15, 0.2) is 11.5 Å². The van der Waals surface area contributed by atoms with Gasteiger partial charge in [0.25, 0.3) is 0 Å². The van der Waals surface area contributed by atoms with Crippen LogP contribution in [0.15, 0.2) is 48.8 Å². The number of anilines is 1. The molecule has 1 unspecified atom stereocenters. The predicted octanol–water partition coefficient (Wildman–Crippen LogP) is 2.90. The van der Waals surface area contributed by atoms with Crippen molar-refractivity contribution in [1.82, 2.24) is 15.2 Å². The molecule has 1 aromatic carbocycles. The minimum Gasteiger partial charge on any atom is -0.480 e. The number of alkyl halides is 2. The molecule has 0 aliphatic carbocycles. The highest BCUT2D eigenvalue weighted by Crippen LogP contribution is 2.42. The first kappa shape index (κ1) is 21.3. The van der Waals surface area contributed by atoms with E-state index in [1.807, 2.05) is 0 Å². The summed E-state index contributed by atoms with van der Waals surface area (Å²) >= 11 is 0. The SMILES string of the molecule is C=C1[C@H](Cc2ccnc(N)c2)[C@@H](C(=O)O)N1C(=O)NC(C)c1ccc2c(c1)OC(F)(F)O2. The number of hydrogen-bond acceptors (Lipinski definition) is 6. The van der Waals surface area contributed by atoms with E-state index in [1.165, 1.54) is 24.4 Å². The van der Waals surface area contributed by atoms with Crippen LogP contribution in [0.3, 0.4) is 0 Å². The number of benzene rings is 1. The Morgan fingerprint density at radius 3 is 2.72 bits per heavy atom. The average molecular weight is 446 g/mol. The maximum Gasteiger partial charge on any atom is 0.586 e. The number of aliphatic carboxylic acids is 1. The number of nitrogen functional groups attached to an aromatic ring is 1. The molecular formula is C21H20F2N4O5. The van der Waals surface area contributed by atoms with Gasteiger partial charge in [0.05, 0.1) is 6.04 Å². The number of nitrogens with one attached hydrogen (secondary N) is 1. The molecule has 11 heteroatoms. The molecule has 3 heterocycles. The highest BCUT2D eigenvalue weighted by molar-refractivity contribution is 5.88. The fraction of sp³-hybridized carbons (Fsp3) is 0.286. The highest BCUT2D eigenvalue weighted by atomic mass is 19.3. The summed E-state index contributed by atoms with van der Waals surface area (Å²) in [5, 5.41) is 12.3. The van der Waals surface area contributed by atoms with Crippen molar-refractivity contribution in [1.29, 1.82) is 0 Å². The molecule has 2 amide bonds. The summed E-state index contributed by atoms with van der Waals surface area (Å²) in [4.78, 5) is 29.6. The molecule has 0 saturated carbocycles. The van der Waals surface area contributed by atoms with E-state index in [-0.39, 0.29) is 11.5 Å². The Kier molecular flexibility index (Phi) is 5.11. The first-order valence-electron chi connectivity index (χ1n) is 9.67. The quantitative estimate of drug-likeness (QED) is 0.645. The van der Waals surface area contributed by atoms with Gasteiger partial charge in [-0.15, -0.1) is 8.78 Å². The number of rotatable bonds is 5. The first-order chi connectivity index (χ1) is 15.1. The van der Waals surface area contributed by atoms with E-state index in [4.69, 9.17) is 5.73 Å². The molecule has 9 nitrogen and oxygen atoms in total. The molecule has 3 atom stereocenters. The molecule has 2 aromatic rings. The Morgan fingerprint density at radius 2 is 2.03 bits per heavy atom. The van der Waals surface area contributed by atoms with Gasteiger partial charge in [0, 0.05) is 17.8 Å². The second kappa shape index (κ2) is 7.66. The smallest absolute Gasteiger partial charge is 0.480 e. The van der Waals surface area contributed by atoms with Gasteiger partial charge in [-0.3, -0.25) is 4.90 Å². The zero-order valence-corrected chi connectivity index (χ0v) is 16.9. The Bertz CT molecular complexity index is 1110. The van der Waals surface area contributed by atoms with Gasteiger partial charge in [-0.1, -0.05) is 12.6 Å². The van der Waals surface area contributed by atoms with Gasteiger partial charge in [-0.2, -0.15) is 0 Å². The Hall–Kier alpha value is -3.89. The fourth-order valence-corrected chi connectivity index (χ4v) is 3.85. The average Bonchev–Trinajstić information content (AvgIpc) is 3.02. The van der Waals surface area contributed by atoms with Crippen LogP contribution in [0.2, 0.25) is 0 Å². The van der Waals surface area contributed by atoms with E-state index < -0.39 is 36.3 Å². The van der Waals surface area contributed by atoms with Crippen molar-refractivity contribution in [2.45, 2.75) is 31.7 Å². The molecule has 1 fully saturated rings. The lowest BCUT2D eigenvalue weighted by Gasteiger charge is -2.47. The van der Waals surface area contributed by atoms with Crippen molar-refractivity contribution in [3.63, 3.8) is 0 Å². The van der Waals surface area contributed by atoms with Crippen LogP contribution in [0.5, 0.6) is 11.5 Å². The van der Waals surface area contributed by atoms with Gasteiger partial charge < -0.3 is 25.6 Å². The maximum absolute atomic E-state index is 13.2. The number of carbonyl (C=O) groups excluding carboxylic acids is 1. The molecule has 4 rings (SSSR count). The Labute approximate surface area is 181 Å². The molecule has 1 saturated heterocycles. The van der Waals surface area contributed by atoms with Crippen LogP contribution in [0.1, 0.15) is 24.1 Å². The number of nitrogens with zero attached hydrogens (tertiary/aromatic N) is 2. The largest absolute Gasteiger partial charge is 0.586 e. The van der Waals surface area contributed by atoms with Gasteiger partial charge in [0.1, 0.15) is 11.9 Å². The van der Waals surface area contributed by atoms with Crippen LogP contribution in [-0.2, 0) is 11.2 Å². The first-order valence-corrected chi connectivity index (χ1v) is 9.67. The van der Waals surface area contributed by atoms with E-state index in [2.05, 4.69) is 26.4 Å². The number of carbonyl (C=O) groups is 2. The second-order valence-electron chi connectivity index (χ2n) is 7.59. The number of likely N-dealkylation sites (tertiary alicyclic amines) is 1. The monoisotopic (exact) mass is 446 g/mol. The summed E-state index contributed by atoms with van der Waals surface area (Å²) in [6, 6.07) is 5.10. The summed E-state index contributed by atoms with van der Waals surface area (Å²) in [7, 11) is 0. The molecule has 168 valence electrons. The molecule has 4 N–H and O–H groups in total. The standard InChI is InChI=1S/C21H20F2N4O5/c1-10(13-3-4-15-16(9-13)32-21(22,23)31-15)26-20(30)27-11(2)14(18(27)19(28)29)7-12-5-6-25-17(24)8-12/h3-6,8-10,14,18H,2,7H2,1H3,(H2,24,25)(H,26,30)(H,28,29)/t10?,14-,18-/m0/s1. The molecule has 0 radical (unpaired) electrons. The van der Waals surface area contributed by atoms with Crippen molar-refractivity contribution in [2.75, 3.05) is 5.73 Å². The van der Waals surface area contributed by atoms with Crippen LogP contribution in [0.4, 0.5) is 19.4 Å². The number of hydrogen-bond donors (Lipinski definition) is 3. The van der Waals surface area contributed by atoms with Crippen molar-refractivity contribution < 1.29 is 33.0 Å². The summed E-state index contributed by atoms with van der Waals surface area (Å²) in [5.74, 6) is -1.62. The number of ether oxygens (including phenoxy) is 2. The van der Waals surface area contributed by atoms with Crippen molar-refractivity contribution in [2.24, 2.45) is 5.92 Å². The zero-order chi connectivity index (χ0) is 23.2. The third kappa shape index (κ3) is 3.88. The molecule has 0 spiro atoms. The Balaban J connectivity index is 1.45. The van der Waals surface area contributed by atoms with Gasteiger partial charge in [-0.25, -0.2) is 14.6 Å². The van der Waals surface area contributed by atoms with Crippen LogP contribution < -0.4 is 20.5 Å². The van der Waals surface area contributed by atoms with E-state index >= 15 is 0 Å². The van der Waals surface area contributed by atoms with Gasteiger partial charge in [0.2, 0.25) is 0 Å². The molecule has 0 bridgehead atoms. The van der Waals surface area contributed by atoms with Gasteiger partial charge >= 0.3 is 18.3 Å². The van der Waals surface area contributed by atoms with Gasteiger partial charge in [-0.05, 0) is 48.7 Å². The van der Waals surface area contributed by atoms with E-state index in [0.29, 0.717) is 23.5 Å². The number of pyridine rings is 1. The summed E-state index contributed by atoms with van der Waals surface area (Å²) in [6.45, 7) is 5.50. The van der Waals surface area contributed by atoms with Crippen LogP contribution in [0.25, 0.3) is 0 Å². The minimum atomic E-state index is -3.74. The number of amides is 2. The second-order valence-corrected chi connectivity index (χ2v) is 7.59. The van der Waals surface area contributed by atoms with Crippen LogP contribution >= 0.6 is 0 Å². The fourth-order valence-electron chi connectivity index (χ4n) is 3.85. The number of urea groups is 1. The topological polar surface area (TPSA) is 127 Å². The number of carboxylic acids is 1. The molecule has 1 aromatic heterocycles. The van der Waals surface area contributed by atoms with Crippen molar-refractivity contribution in [3.8, 4) is 11.5 Å². The zero-order valence-electron chi connectivity index (χ0n) is 16.9. The summed E-state index contributed by atoms with van der Waals surface area (Å²) in [5.41, 5.74) is 7.28. The highest BCUT2D eigenvalue weighted by Gasteiger charge is 2.50. The lowest BCUT2D eigenvalue weighted by atomic mass is 9.80. The normalized spacial score (nSPS) is 21.6. The molecule has 2 aliphatic heterocycles. The third-order valence-corrected chi connectivity index (χ3v) is 5.43. The van der Waals surface area contributed by atoms with E-state index in [9.17, 15) is 23.5 Å². The molecular weight excluding hydrogens is 426 g/mol. The van der Waals surface area contributed by atoms with Crippen LogP contribution in [0, 0.1) is 5.92 Å². The maximum atomic E-state index is 13.2. The Morgan fingerprint density at radius 1 is 1.31 bits per heavy atom.